The monoisotopic (exact) mass is 418 g/mol. The van der Waals surface area contributed by atoms with E-state index in [2.05, 4.69) is 5.32 Å². The second kappa shape index (κ2) is 8.18. The van der Waals surface area contributed by atoms with Crippen molar-refractivity contribution in [2.75, 3.05) is 7.11 Å². The van der Waals surface area contributed by atoms with Crippen molar-refractivity contribution >= 4 is 23.6 Å². The normalized spacial score (nSPS) is 20.7. The molecule has 1 N–H and O–H groups in total. The average Bonchev–Trinajstić information content (AvgIpc) is 3.07. The van der Waals surface area contributed by atoms with Crippen molar-refractivity contribution in [1.82, 2.24) is 10.2 Å². The fourth-order valence-corrected chi connectivity index (χ4v) is 4.20. The summed E-state index contributed by atoms with van der Waals surface area (Å²) in [6.07, 6.45) is 4.09. The molecule has 0 unspecified atom stereocenters. The molecule has 2 atom stereocenters. The number of methoxy groups -OCH3 is 1. The van der Waals surface area contributed by atoms with Crippen molar-refractivity contribution in [2.45, 2.75) is 30.8 Å². The van der Waals surface area contributed by atoms with Crippen LogP contribution in [-0.4, -0.2) is 47.2 Å². The number of Topliss-reactive ketones (excluding diaryl/α,β-unsaturated/α-hetero) is 1. The molecule has 31 heavy (non-hydrogen) atoms. The molecule has 0 spiro atoms. The van der Waals surface area contributed by atoms with Gasteiger partial charge in [0, 0.05) is 6.42 Å². The number of ether oxygens (including phenoxy) is 1. The van der Waals surface area contributed by atoms with Gasteiger partial charge in [0.05, 0.1) is 18.2 Å². The van der Waals surface area contributed by atoms with Crippen LogP contribution >= 0.6 is 0 Å². The van der Waals surface area contributed by atoms with Gasteiger partial charge in [0.15, 0.2) is 11.3 Å². The first-order valence-electron chi connectivity index (χ1n) is 10.1. The molecule has 0 saturated carbocycles. The molecule has 2 aliphatic rings. The number of benzene rings is 2. The average molecular weight is 418 g/mol. The molecule has 0 saturated heterocycles. The van der Waals surface area contributed by atoms with Crippen LogP contribution < -0.4 is 5.32 Å². The summed E-state index contributed by atoms with van der Waals surface area (Å²) in [5.74, 6) is -2.39. The van der Waals surface area contributed by atoms with Gasteiger partial charge in [-0.3, -0.25) is 19.3 Å². The molecule has 4 rings (SSSR count). The molecule has 0 radical (unpaired) electrons. The lowest BCUT2D eigenvalue weighted by Gasteiger charge is -2.37. The molecule has 2 aromatic carbocycles. The maximum Gasteiger partial charge on any atom is 0.339 e. The van der Waals surface area contributed by atoms with Crippen molar-refractivity contribution < 1.29 is 23.9 Å². The Labute approximate surface area is 179 Å². The summed E-state index contributed by atoms with van der Waals surface area (Å²) in [6, 6.07) is 14.4. The van der Waals surface area contributed by atoms with Gasteiger partial charge < -0.3 is 10.1 Å². The zero-order chi connectivity index (χ0) is 22.0. The number of allylic oxidation sites excluding steroid dienone is 1. The molecular weight excluding hydrogens is 396 g/mol. The summed E-state index contributed by atoms with van der Waals surface area (Å²) in [5, 5.41) is 2.87. The van der Waals surface area contributed by atoms with E-state index in [1.807, 2.05) is 36.4 Å². The topological polar surface area (TPSA) is 92.8 Å². The van der Waals surface area contributed by atoms with Crippen LogP contribution in [0.3, 0.4) is 0 Å². The van der Waals surface area contributed by atoms with Gasteiger partial charge in [0.25, 0.3) is 11.8 Å². The second-order valence-corrected chi connectivity index (χ2v) is 7.58. The zero-order valence-electron chi connectivity index (χ0n) is 17.0. The van der Waals surface area contributed by atoms with Gasteiger partial charge in [0.2, 0.25) is 0 Å². The van der Waals surface area contributed by atoms with Crippen LogP contribution in [0.2, 0.25) is 0 Å². The first-order valence-corrected chi connectivity index (χ1v) is 10.1. The molecule has 158 valence electrons. The van der Waals surface area contributed by atoms with Gasteiger partial charge in [-0.15, -0.1) is 0 Å². The number of fused-ring (bicyclic) bond motifs is 1. The first-order chi connectivity index (χ1) is 15.0. The Hall–Kier alpha value is -3.74. The summed E-state index contributed by atoms with van der Waals surface area (Å²) in [6.45, 7) is 0. The Kier molecular flexibility index (Phi) is 5.42. The highest BCUT2D eigenvalue weighted by molar-refractivity contribution is 6.24. The summed E-state index contributed by atoms with van der Waals surface area (Å²) < 4.78 is 4.95. The molecule has 7 nitrogen and oxygen atoms in total. The summed E-state index contributed by atoms with van der Waals surface area (Å²) in [7, 11) is 1.21. The van der Waals surface area contributed by atoms with E-state index >= 15 is 0 Å². The number of esters is 1. The number of nitrogens with one attached hydrogen (secondary N) is 1. The van der Waals surface area contributed by atoms with Crippen LogP contribution in [0.1, 0.15) is 39.1 Å². The SMILES string of the molecule is COC(=O)[C@@]1(C(=O)[C@H](Cc2ccccc2)N2C(=O)c3ccccc3C2=O)CCC=CN1. The Morgan fingerprint density at radius 1 is 1.03 bits per heavy atom. The van der Waals surface area contributed by atoms with Crippen LogP contribution in [0, 0.1) is 0 Å². The Balaban J connectivity index is 1.79. The largest absolute Gasteiger partial charge is 0.467 e. The van der Waals surface area contributed by atoms with E-state index in [-0.39, 0.29) is 24.0 Å². The van der Waals surface area contributed by atoms with Gasteiger partial charge in [-0.25, -0.2) is 4.79 Å². The smallest absolute Gasteiger partial charge is 0.339 e. The lowest BCUT2D eigenvalue weighted by molar-refractivity contribution is -0.154. The van der Waals surface area contributed by atoms with Gasteiger partial charge >= 0.3 is 5.97 Å². The number of imide groups is 1. The third-order valence-corrected chi connectivity index (χ3v) is 5.80. The number of amides is 2. The molecule has 7 heteroatoms. The van der Waals surface area contributed by atoms with E-state index in [1.54, 1.807) is 30.5 Å². The summed E-state index contributed by atoms with van der Waals surface area (Å²) >= 11 is 0. The Bertz CT molecular complexity index is 1040. The standard InChI is InChI=1S/C24H22N2O5/c1-31-23(30)24(13-7-8-14-25-24)20(27)19(15-16-9-3-2-4-10-16)26-21(28)17-11-5-6-12-18(17)22(26)29/h2-6,8-12,14,19,25H,7,13,15H2,1H3/t19-,24-/m0/s1. The molecule has 0 fully saturated rings. The number of hydrogen-bond donors (Lipinski definition) is 1. The van der Waals surface area contributed by atoms with Crippen molar-refractivity contribution in [3.05, 3.63) is 83.6 Å². The van der Waals surface area contributed by atoms with Gasteiger partial charge in [-0.1, -0.05) is 48.5 Å². The van der Waals surface area contributed by atoms with Crippen molar-refractivity contribution in [2.24, 2.45) is 0 Å². The van der Waals surface area contributed by atoms with Gasteiger partial charge in [-0.05, 0) is 36.7 Å². The first kappa shape index (κ1) is 20.5. The van der Waals surface area contributed by atoms with Crippen molar-refractivity contribution in [3.8, 4) is 0 Å². The number of carbonyl (C=O) groups is 4. The highest BCUT2D eigenvalue weighted by Crippen LogP contribution is 2.31. The van der Waals surface area contributed by atoms with Crippen LogP contribution in [-0.2, 0) is 20.7 Å². The van der Waals surface area contributed by atoms with Crippen LogP contribution in [0.4, 0.5) is 0 Å². The van der Waals surface area contributed by atoms with Crippen LogP contribution in [0.5, 0.6) is 0 Å². The van der Waals surface area contributed by atoms with Gasteiger partial charge in [0.1, 0.15) is 6.04 Å². The lowest BCUT2D eigenvalue weighted by Crippen LogP contribution is -2.64. The van der Waals surface area contributed by atoms with E-state index < -0.39 is 35.1 Å². The molecule has 2 heterocycles. The number of ketones is 1. The quantitative estimate of drug-likeness (QED) is 0.440. The van der Waals surface area contributed by atoms with Gasteiger partial charge in [-0.2, -0.15) is 0 Å². The number of hydrogen-bond acceptors (Lipinski definition) is 6. The van der Waals surface area contributed by atoms with E-state index in [0.29, 0.717) is 6.42 Å². The Morgan fingerprint density at radius 2 is 1.65 bits per heavy atom. The van der Waals surface area contributed by atoms with Crippen molar-refractivity contribution in [1.29, 1.82) is 0 Å². The minimum Gasteiger partial charge on any atom is -0.467 e. The van der Waals surface area contributed by atoms with Crippen molar-refractivity contribution in [3.63, 3.8) is 0 Å². The maximum atomic E-state index is 13.9. The maximum absolute atomic E-state index is 13.9. The van der Waals surface area contributed by atoms with E-state index in [0.717, 1.165) is 10.5 Å². The van der Waals surface area contributed by atoms with Crippen LogP contribution in [0.15, 0.2) is 66.9 Å². The lowest BCUT2D eigenvalue weighted by atomic mass is 9.81. The summed E-state index contributed by atoms with van der Waals surface area (Å²) in [4.78, 5) is 54.0. The van der Waals surface area contributed by atoms with E-state index in [1.165, 1.54) is 7.11 Å². The van der Waals surface area contributed by atoms with E-state index in [4.69, 9.17) is 4.74 Å². The second-order valence-electron chi connectivity index (χ2n) is 7.58. The fraction of sp³-hybridized carbons (Fsp3) is 0.250. The molecule has 2 aliphatic heterocycles. The molecule has 2 aromatic rings. The number of carbonyl (C=O) groups excluding carboxylic acids is 4. The fourth-order valence-electron chi connectivity index (χ4n) is 4.20. The predicted octanol–water partition coefficient (Wildman–Crippen LogP) is 2.27. The highest BCUT2D eigenvalue weighted by atomic mass is 16.5. The van der Waals surface area contributed by atoms with E-state index in [9.17, 15) is 19.2 Å². The van der Waals surface area contributed by atoms with Crippen LogP contribution in [0.25, 0.3) is 0 Å². The third kappa shape index (κ3) is 3.42. The minimum absolute atomic E-state index is 0.0925. The third-order valence-electron chi connectivity index (χ3n) is 5.80. The zero-order valence-corrected chi connectivity index (χ0v) is 17.0. The highest BCUT2D eigenvalue weighted by Gasteiger charge is 2.53. The number of nitrogens with zero attached hydrogens (tertiary/aromatic N) is 1. The predicted molar refractivity (Wildman–Crippen MR) is 112 cm³/mol. The number of rotatable bonds is 6. The molecule has 2 amide bonds. The molecule has 0 bridgehead atoms. The summed E-state index contributed by atoms with van der Waals surface area (Å²) in [5.41, 5.74) is -0.397. The molecule has 0 aliphatic carbocycles. The molecule has 0 aromatic heterocycles. The Morgan fingerprint density at radius 3 is 2.19 bits per heavy atom. The molecular formula is C24H22N2O5. The minimum atomic E-state index is -1.67.